The van der Waals surface area contributed by atoms with Gasteiger partial charge in [0.15, 0.2) is 0 Å². The van der Waals surface area contributed by atoms with Gasteiger partial charge in [-0.2, -0.15) is 0 Å². The van der Waals surface area contributed by atoms with Gasteiger partial charge in [0.05, 0.1) is 5.56 Å². The molecule has 0 bridgehead atoms. The molecule has 0 aliphatic heterocycles. The van der Waals surface area contributed by atoms with Gasteiger partial charge in [-0.15, -0.1) is 0 Å². The van der Waals surface area contributed by atoms with Crippen molar-refractivity contribution in [3.63, 3.8) is 0 Å². The highest BCUT2D eigenvalue weighted by Gasteiger charge is 2.13. The fourth-order valence-corrected chi connectivity index (χ4v) is 2.25. The molecule has 98 valence electrons. The van der Waals surface area contributed by atoms with Crippen LogP contribution >= 0.6 is 27.5 Å². The van der Waals surface area contributed by atoms with Crippen LogP contribution in [0.5, 0.6) is 0 Å². The number of hydrogen-bond acceptors (Lipinski definition) is 2. The predicted molar refractivity (Wildman–Crippen MR) is 73.0 cm³/mol. The number of carbonyl (C=O) groups is 2. The van der Waals surface area contributed by atoms with Gasteiger partial charge in [0, 0.05) is 22.0 Å². The maximum atomic E-state index is 11.9. The Balaban J connectivity index is 2.62. The van der Waals surface area contributed by atoms with Crippen molar-refractivity contribution in [1.82, 2.24) is 5.32 Å². The fourth-order valence-electron chi connectivity index (χ4n) is 1.39. The zero-order valence-corrected chi connectivity index (χ0v) is 12.1. The fraction of sp³-hybridized carbons (Fsp3) is 0.333. The van der Waals surface area contributed by atoms with Gasteiger partial charge in [0.1, 0.15) is 0 Å². The van der Waals surface area contributed by atoms with Crippen molar-refractivity contribution < 1.29 is 14.7 Å². The SMILES string of the molecule is CC(CCC(=O)O)NC(=O)c1ccc(Cl)cc1Br. The quantitative estimate of drug-likeness (QED) is 0.869. The second-order valence-electron chi connectivity index (χ2n) is 3.93. The van der Waals surface area contributed by atoms with Crippen molar-refractivity contribution in [3.8, 4) is 0 Å². The largest absolute Gasteiger partial charge is 0.481 e. The highest BCUT2D eigenvalue weighted by atomic mass is 79.9. The molecule has 1 amide bonds. The molecule has 6 heteroatoms. The Morgan fingerprint density at radius 2 is 2.17 bits per heavy atom. The standard InChI is InChI=1S/C12H13BrClNO3/c1-7(2-5-11(16)17)15-12(18)9-4-3-8(14)6-10(9)13/h3-4,6-7H,2,5H2,1H3,(H,15,18)(H,16,17). The summed E-state index contributed by atoms with van der Waals surface area (Å²) in [6.45, 7) is 1.77. The maximum Gasteiger partial charge on any atom is 0.303 e. The summed E-state index contributed by atoms with van der Waals surface area (Å²) >= 11 is 9.05. The third kappa shape index (κ3) is 4.66. The van der Waals surface area contributed by atoms with Crippen LogP contribution in [0.2, 0.25) is 5.02 Å². The topological polar surface area (TPSA) is 66.4 Å². The average Bonchev–Trinajstić information content (AvgIpc) is 2.26. The third-order valence-corrected chi connectivity index (χ3v) is 3.24. The van der Waals surface area contributed by atoms with Crippen molar-refractivity contribution in [3.05, 3.63) is 33.3 Å². The molecular weight excluding hydrogens is 321 g/mol. The first kappa shape index (κ1) is 15.0. The number of carbonyl (C=O) groups excluding carboxylic acids is 1. The van der Waals surface area contributed by atoms with E-state index < -0.39 is 5.97 Å². The number of halogens is 2. The molecule has 1 atom stereocenters. The highest BCUT2D eigenvalue weighted by molar-refractivity contribution is 9.10. The molecule has 0 spiro atoms. The minimum absolute atomic E-state index is 0.0310. The molecule has 18 heavy (non-hydrogen) atoms. The summed E-state index contributed by atoms with van der Waals surface area (Å²) in [6.07, 6.45) is 0.426. The number of hydrogen-bond donors (Lipinski definition) is 2. The number of carboxylic acid groups (broad SMARTS) is 1. The van der Waals surface area contributed by atoms with Crippen molar-refractivity contribution >= 4 is 39.4 Å². The van der Waals surface area contributed by atoms with Gasteiger partial charge in [-0.1, -0.05) is 11.6 Å². The summed E-state index contributed by atoms with van der Waals surface area (Å²) in [5, 5.41) is 11.8. The number of carboxylic acids is 1. The minimum atomic E-state index is -0.872. The number of rotatable bonds is 5. The zero-order valence-electron chi connectivity index (χ0n) is 9.74. The van der Waals surface area contributed by atoms with Crippen molar-refractivity contribution in [1.29, 1.82) is 0 Å². The van der Waals surface area contributed by atoms with Gasteiger partial charge in [0.25, 0.3) is 5.91 Å². The molecule has 1 aromatic rings. The van der Waals surface area contributed by atoms with Crippen molar-refractivity contribution in [2.45, 2.75) is 25.8 Å². The molecule has 0 aliphatic carbocycles. The Morgan fingerprint density at radius 1 is 1.50 bits per heavy atom. The summed E-state index contributed by atoms with van der Waals surface area (Å²) in [7, 11) is 0. The van der Waals surface area contributed by atoms with Gasteiger partial charge in [0.2, 0.25) is 0 Å². The summed E-state index contributed by atoms with van der Waals surface area (Å²) < 4.78 is 0.609. The normalized spacial score (nSPS) is 11.9. The van der Waals surface area contributed by atoms with E-state index in [2.05, 4.69) is 21.2 Å². The lowest BCUT2D eigenvalue weighted by atomic mass is 10.1. The molecule has 0 saturated heterocycles. The van der Waals surface area contributed by atoms with Crippen LogP contribution in [0.25, 0.3) is 0 Å². The molecule has 0 heterocycles. The molecule has 0 saturated carbocycles. The Morgan fingerprint density at radius 3 is 2.72 bits per heavy atom. The molecule has 1 unspecified atom stereocenters. The average molecular weight is 335 g/mol. The van der Waals surface area contributed by atoms with Crippen LogP contribution in [0, 0.1) is 0 Å². The monoisotopic (exact) mass is 333 g/mol. The molecule has 0 fully saturated rings. The maximum absolute atomic E-state index is 11.9. The smallest absolute Gasteiger partial charge is 0.303 e. The molecule has 0 aromatic heterocycles. The second kappa shape index (κ2) is 6.75. The Bertz CT molecular complexity index is 465. The molecule has 1 rings (SSSR count). The van der Waals surface area contributed by atoms with Gasteiger partial charge in [-0.25, -0.2) is 0 Å². The van der Waals surface area contributed by atoms with E-state index in [1.165, 1.54) is 0 Å². The van der Waals surface area contributed by atoms with Gasteiger partial charge >= 0.3 is 5.97 Å². The van der Waals surface area contributed by atoms with Crippen LogP contribution in [-0.4, -0.2) is 23.0 Å². The second-order valence-corrected chi connectivity index (χ2v) is 5.22. The van der Waals surface area contributed by atoms with Crippen LogP contribution < -0.4 is 5.32 Å². The van der Waals surface area contributed by atoms with E-state index in [1.807, 2.05) is 0 Å². The highest BCUT2D eigenvalue weighted by Crippen LogP contribution is 2.21. The van der Waals surface area contributed by atoms with E-state index in [-0.39, 0.29) is 18.4 Å². The van der Waals surface area contributed by atoms with E-state index in [9.17, 15) is 9.59 Å². The van der Waals surface area contributed by atoms with Crippen LogP contribution in [0.3, 0.4) is 0 Å². The number of benzene rings is 1. The molecule has 0 radical (unpaired) electrons. The lowest BCUT2D eigenvalue weighted by molar-refractivity contribution is -0.137. The molecular formula is C12H13BrClNO3. The number of nitrogens with one attached hydrogen (secondary N) is 1. The van der Waals surface area contributed by atoms with Crippen LogP contribution in [-0.2, 0) is 4.79 Å². The van der Waals surface area contributed by atoms with Gasteiger partial charge < -0.3 is 10.4 Å². The van der Waals surface area contributed by atoms with E-state index >= 15 is 0 Å². The summed E-state index contributed by atoms with van der Waals surface area (Å²) in [4.78, 5) is 22.3. The minimum Gasteiger partial charge on any atom is -0.481 e. The molecule has 1 aromatic carbocycles. The Hall–Kier alpha value is -1.07. The van der Waals surface area contributed by atoms with Gasteiger partial charge in [-0.05, 0) is 47.5 Å². The molecule has 2 N–H and O–H groups in total. The van der Waals surface area contributed by atoms with E-state index in [1.54, 1.807) is 25.1 Å². The van der Waals surface area contributed by atoms with Crippen LogP contribution in [0.4, 0.5) is 0 Å². The van der Waals surface area contributed by atoms with E-state index in [4.69, 9.17) is 16.7 Å². The predicted octanol–water partition coefficient (Wildman–Crippen LogP) is 3.09. The van der Waals surface area contributed by atoms with E-state index in [0.717, 1.165) is 0 Å². The molecule has 0 aliphatic rings. The first-order valence-corrected chi connectivity index (χ1v) is 6.55. The summed E-state index contributed by atoms with van der Waals surface area (Å²) in [5.74, 6) is -1.12. The van der Waals surface area contributed by atoms with Gasteiger partial charge in [-0.3, -0.25) is 9.59 Å². The van der Waals surface area contributed by atoms with Crippen LogP contribution in [0.15, 0.2) is 22.7 Å². The van der Waals surface area contributed by atoms with Crippen molar-refractivity contribution in [2.24, 2.45) is 0 Å². The third-order valence-electron chi connectivity index (χ3n) is 2.34. The number of amides is 1. The first-order valence-electron chi connectivity index (χ1n) is 5.38. The summed E-state index contributed by atoms with van der Waals surface area (Å²) in [5.41, 5.74) is 0.474. The lowest BCUT2D eigenvalue weighted by Gasteiger charge is -2.13. The Labute approximate surface area is 118 Å². The summed E-state index contributed by atoms with van der Waals surface area (Å²) in [6, 6.07) is 4.68. The Kier molecular flexibility index (Phi) is 5.62. The zero-order chi connectivity index (χ0) is 13.7. The van der Waals surface area contributed by atoms with Crippen LogP contribution in [0.1, 0.15) is 30.1 Å². The lowest BCUT2D eigenvalue weighted by Crippen LogP contribution is -2.33. The molecule has 4 nitrogen and oxygen atoms in total. The van der Waals surface area contributed by atoms with Crippen molar-refractivity contribution in [2.75, 3.05) is 0 Å². The van der Waals surface area contributed by atoms with E-state index in [0.29, 0.717) is 21.5 Å². The number of aliphatic carboxylic acids is 1. The first-order chi connectivity index (χ1) is 8.40.